The second-order valence-electron chi connectivity index (χ2n) is 6.13. The molecule has 0 aliphatic heterocycles. The van der Waals surface area contributed by atoms with E-state index >= 15 is 0 Å². The van der Waals surface area contributed by atoms with Crippen molar-refractivity contribution in [3.63, 3.8) is 0 Å². The maximum absolute atomic E-state index is 12.1. The molecule has 0 fully saturated rings. The van der Waals surface area contributed by atoms with E-state index < -0.39 is 0 Å². The van der Waals surface area contributed by atoms with Crippen LogP contribution >= 0.6 is 11.8 Å². The van der Waals surface area contributed by atoms with Crippen molar-refractivity contribution in [2.24, 2.45) is 0 Å². The van der Waals surface area contributed by atoms with Crippen LogP contribution in [0.5, 0.6) is 0 Å². The fourth-order valence-electron chi connectivity index (χ4n) is 2.45. The number of thioether (sulfide) groups is 1. The zero-order valence-electron chi connectivity index (χ0n) is 15.1. The summed E-state index contributed by atoms with van der Waals surface area (Å²) in [6, 6.07) is 15.4. The van der Waals surface area contributed by atoms with Crippen molar-refractivity contribution in [1.29, 1.82) is 5.26 Å². The molecule has 0 saturated heterocycles. The fraction of sp³-hybridized carbons (Fsp3) is 0.200. The number of aromatic nitrogens is 3. The van der Waals surface area contributed by atoms with Gasteiger partial charge in [0.25, 0.3) is 0 Å². The normalized spacial score (nSPS) is 10.4. The minimum absolute atomic E-state index is 0.0843. The summed E-state index contributed by atoms with van der Waals surface area (Å²) < 4.78 is 1.88. The van der Waals surface area contributed by atoms with Crippen LogP contribution in [-0.2, 0) is 11.3 Å². The highest BCUT2D eigenvalue weighted by atomic mass is 32.2. The Hall–Kier alpha value is -3.11. The first-order chi connectivity index (χ1) is 13.1. The molecule has 0 atom stereocenters. The van der Waals surface area contributed by atoms with Gasteiger partial charge in [-0.3, -0.25) is 9.36 Å². The number of benzene rings is 2. The molecule has 7 heteroatoms. The fourth-order valence-corrected chi connectivity index (χ4v) is 3.21. The van der Waals surface area contributed by atoms with Crippen molar-refractivity contribution in [2.75, 3.05) is 5.75 Å². The Balaban J connectivity index is 1.57. The first-order valence-corrected chi connectivity index (χ1v) is 9.41. The van der Waals surface area contributed by atoms with Gasteiger partial charge in [0.05, 0.1) is 17.4 Å². The van der Waals surface area contributed by atoms with Gasteiger partial charge in [-0.15, -0.1) is 10.2 Å². The third-order valence-corrected chi connectivity index (χ3v) is 5.13. The maximum Gasteiger partial charge on any atom is 0.230 e. The number of hydrogen-bond donors (Lipinski definition) is 1. The van der Waals surface area contributed by atoms with E-state index in [1.54, 1.807) is 18.5 Å². The smallest absolute Gasteiger partial charge is 0.230 e. The molecule has 27 heavy (non-hydrogen) atoms. The van der Waals surface area contributed by atoms with Crippen LogP contribution < -0.4 is 5.32 Å². The molecule has 0 spiro atoms. The molecule has 1 amide bonds. The third-order valence-electron chi connectivity index (χ3n) is 4.19. The molecule has 0 saturated carbocycles. The van der Waals surface area contributed by atoms with E-state index in [1.807, 2.05) is 22.8 Å². The second-order valence-corrected chi connectivity index (χ2v) is 7.07. The average molecular weight is 377 g/mol. The van der Waals surface area contributed by atoms with Gasteiger partial charge >= 0.3 is 0 Å². The molecule has 136 valence electrons. The van der Waals surface area contributed by atoms with Crippen LogP contribution in [0, 0.1) is 25.2 Å². The van der Waals surface area contributed by atoms with Crippen molar-refractivity contribution in [2.45, 2.75) is 25.5 Å². The Kier molecular flexibility index (Phi) is 5.89. The van der Waals surface area contributed by atoms with Crippen molar-refractivity contribution in [3.8, 4) is 11.8 Å². The number of hydrogen-bond acceptors (Lipinski definition) is 5. The highest BCUT2D eigenvalue weighted by Crippen LogP contribution is 2.21. The predicted molar refractivity (Wildman–Crippen MR) is 105 cm³/mol. The molecule has 6 nitrogen and oxygen atoms in total. The summed E-state index contributed by atoms with van der Waals surface area (Å²) in [5, 5.41) is 20.4. The van der Waals surface area contributed by atoms with Crippen LogP contribution in [0.4, 0.5) is 0 Å². The van der Waals surface area contributed by atoms with Crippen molar-refractivity contribution in [1.82, 2.24) is 20.1 Å². The van der Waals surface area contributed by atoms with Crippen molar-refractivity contribution in [3.05, 3.63) is 71.0 Å². The number of nitriles is 1. The molecule has 0 aliphatic rings. The van der Waals surface area contributed by atoms with Gasteiger partial charge in [0.2, 0.25) is 5.91 Å². The van der Waals surface area contributed by atoms with Crippen molar-refractivity contribution >= 4 is 17.7 Å². The van der Waals surface area contributed by atoms with Gasteiger partial charge in [0.1, 0.15) is 6.33 Å². The van der Waals surface area contributed by atoms with Crippen LogP contribution in [-0.4, -0.2) is 26.4 Å². The molecule has 0 bridgehead atoms. The van der Waals surface area contributed by atoms with Gasteiger partial charge in [0.15, 0.2) is 5.16 Å². The average Bonchev–Trinajstić information content (AvgIpc) is 3.16. The van der Waals surface area contributed by atoms with Gasteiger partial charge < -0.3 is 5.32 Å². The number of aryl methyl sites for hydroxylation is 2. The summed E-state index contributed by atoms with van der Waals surface area (Å²) in [5.41, 5.74) is 4.95. The summed E-state index contributed by atoms with van der Waals surface area (Å²) >= 11 is 1.34. The highest BCUT2D eigenvalue weighted by Gasteiger charge is 2.10. The summed E-state index contributed by atoms with van der Waals surface area (Å²) in [7, 11) is 0. The topological polar surface area (TPSA) is 83.6 Å². The van der Waals surface area contributed by atoms with Crippen LogP contribution in [0.15, 0.2) is 53.9 Å². The Morgan fingerprint density at radius 3 is 2.67 bits per heavy atom. The van der Waals surface area contributed by atoms with Gasteiger partial charge in [-0.25, -0.2) is 0 Å². The van der Waals surface area contributed by atoms with E-state index in [4.69, 9.17) is 5.26 Å². The van der Waals surface area contributed by atoms with Gasteiger partial charge in [-0.05, 0) is 54.8 Å². The van der Waals surface area contributed by atoms with Gasteiger partial charge in [0, 0.05) is 12.2 Å². The van der Waals surface area contributed by atoms with E-state index in [0.717, 1.165) is 11.3 Å². The molecular formula is C20H19N5OS. The lowest BCUT2D eigenvalue weighted by atomic mass is 10.1. The largest absolute Gasteiger partial charge is 0.351 e. The predicted octanol–water partition coefficient (Wildman–Crippen LogP) is 3.16. The Morgan fingerprint density at radius 2 is 1.96 bits per heavy atom. The van der Waals surface area contributed by atoms with E-state index in [0.29, 0.717) is 17.3 Å². The standard InChI is InChI=1S/C20H19N5OS/c1-14-3-8-18(9-15(14)2)25-13-23-24-20(25)27-12-19(26)22-11-17-6-4-16(10-21)5-7-17/h3-9,13H,11-12H2,1-2H3,(H,22,26). The Labute approximate surface area is 162 Å². The number of rotatable bonds is 6. The van der Waals surface area contributed by atoms with E-state index in [2.05, 4.69) is 47.6 Å². The molecule has 0 radical (unpaired) electrons. The minimum Gasteiger partial charge on any atom is -0.351 e. The van der Waals surface area contributed by atoms with Crippen LogP contribution in [0.25, 0.3) is 5.69 Å². The SMILES string of the molecule is Cc1ccc(-n2cnnc2SCC(=O)NCc2ccc(C#N)cc2)cc1C. The number of amides is 1. The Morgan fingerprint density at radius 1 is 1.19 bits per heavy atom. The molecule has 0 aliphatic carbocycles. The molecule has 1 N–H and O–H groups in total. The van der Waals surface area contributed by atoms with Crippen molar-refractivity contribution < 1.29 is 4.79 Å². The third kappa shape index (κ3) is 4.74. The van der Waals surface area contributed by atoms with Gasteiger partial charge in [-0.2, -0.15) is 5.26 Å². The molecular weight excluding hydrogens is 358 g/mol. The zero-order valence-corrected chi connectivity index (χ0v) is 16.0. The highest BCUT2D eigenvalue weighted by molar-refractivity contribution is 7.99. The Bertz CT molecular complexity index is 988. The molecule has 1 heterocycles. The molecule has 1 aromatic heterocycles. The van der Waals surface area contributed by atoms with Crippen LogP contribution in [0.3, 0.4) is 0 Å². The molecule has 0 unspecified atom stereocenters. The monoisotopic (exact) mass is 377 g/mol. The zero-order chi connectivity index (χ0) is 19.2. The minimum atomic E-state index is -0.0843. The first-order valence-electron chi connectivity index (χ1n) is 8.43. The lowest BCUT2D eigenvalue weighted by Crippen LogP contribution is -2.24. The molecule has 3 aromatic rings. The quantitative estimate of drug-likeness (QED) is 0.667. The van der Waals surface area contributed by atoms with E-state index in [9.17, 15) is 4.79 Å². The van der Waals surface area contributed by atoms with Gasteiger partial charge in [-0.1, -0.05) is 30.0 Å². The summed E-state index contributed by atoms with van der Waals surface area (Å²) in [4.78, 5) is 12.1. The maximum atomic E-state index is 12.1. The van der Waals surface area contributed by atoms with E-state index in [1.165, 1.54) is 22.9 Å². The number of nitrogens with one attached hydrogen (secondary N) is 1. The summed E-state index contributed by atoms with van der Waals surface area (Å²) in [6.07, 6.45) is 1.65. The molecule has 3 rings (SSSR count). The van der Waals surface area contributed by atoms with Crippen LogP contribution in [0.2, 0.25) is 0 Å². The number of nitrogens with zero attached hydrogens (tertiary/aromatic N) is 4. The van der Waals surface area contributed by atoms with Crippen LogP contribution in [0.1, 0.15) is 22.3 Å². The lowest BCUT2D eigenvalue weighted by Gasteiger charge is -2.09. The first kappa shape index (κ1) is 18.7. The summed E-state index contributed by atoms with van der Waals surface area (Å²) in [6.45, 7) is 4.56. The molecule has 2 aromatic carbocycles. The summed E-state index contributed by atoms with van der Waals surface area (Å²) in [5.74, 6) is 0.166. The number of carbonyl (C=O) groups excluding carboxylic acids is 1. The number of carbonyl (C=O) groups is 1. The van der Waals surface area contributed by atoms with E-state index in [-0.39, 0.29) is 11.7 Å². The lowest BCUT2D eigenvalue weighted by molar-refractivity contribution is -0.118. The second kappa shape index (κ2) is 8.52.